The SMILES string of the molecule is COc1ccccc1CN(CC(=O)Nc1ccccc1F)C(C)=O. The second-order valence-electron chi connectivity index (χ2n) is 5.21. The first kappa shape index (κ1) is 17.5. The number of amides is 2. The molecule has 0 unspecified atom stereocenters. The molecule has 0 spiro atoms. The van der Waals surface area contributed by atoms with Crippen LogP contribution in [0.3, 0.4) is 0 Å². The van der Waals surface area contributed by atoms with Gasteiger partial charge in [0, 0.05) is 19.0 Å². The number of hydrogen-bond acceptors (Lipinski definition) is 3. The molecule has 0 saturated heterocycles. The van der Waals surface area contributed by atoms with E-state index in [2.05, 4.69) is 5.32 Å². The normalized spacial score (nSPS) is 10.1. The van der Waals surface area contributed by atoms with Gasteiger partial charge in [0.15, 0.2) is 0 Å². The minimum absolute atomic E-state index is 0.0864. The Morgan fingerprint density at radius 1 is 1.12 bits per heavy atom. The van der Waals surface area contributed by atoms with Gasteiger partial charge in [-0.15, -0.1) is 0 Å². The summed E-state index contributed by atoms with van der Waals surface area (Å²) in [5.41, 5.74) is 0.872. The summed E-state index contributed by atoms with van der Waals surface area (Å²) in [4.78, 5) is 25.3. The van der Waals surface area contributed by atoms with Gasteiger partial charge >= 0.3 is 0 Å². The molecule has 2 aromatic carbocycles. The van der Waals surface area contributed by atoms with Crippen LogP contribution in [0.15, 0.2) is 48.5 Å². The molecule has 0 aliphatic rings. The lowest BCUT2D eigenvalue weighted by molar-refractivity contribution is -0.133. The van der Waals surface area contributed by atoms with Crippen molar-refractivity contribution in [1.82, 2.24) is 4.90 Å². The molecule has 0 bridgehead atoms. The fourth-order valence-corrected chi connectivity index (χ4v) is 2.24. The predicted octanol–water partition coefficient (Wildman–Crippen LogP) is 2.82. The number of para-hydroxylation sites is 2. The van der Waals surface area contributed by atoms with Crippen LogP contribution in [-0.2, 0) is 16.1 Å². The summed E-state index contributed by atoms with van der Waals surface area (Å²) in [6.45, 7) is 1.43. The number of carbonyl (C=O) groups is 2. The van der Waals surface area contributed by atoms with E-state index in [-0.39, 0.29) is 24.7 Å². The summed E-state index contributed by atoms with van der Waals surface area (Å²) >= 11 is 0. The van der Waals surface area contributed by atoms with Crippen LogP contribution in [0.5, 0.6) is 5.75 Å². The van der Waals surface area contributed by atoms with Crippen molar-refractivity contribution in [2.24, 2.45) is 0 Å². The van der Waals surface area contributed by atoms with Crippen LogP contribution in [0.1, 0.15) is 12.5 Å². The van der Waals surface area contributed by atoms with Gasteiger partial charge in [0.25, 0.3) is 0 Å². The molecule has 0 radical (unpaired) electrons. The summed E-state index contributed by atoms with van der Waals surface area (Å²) in [7, 11) is 1.54. The average Bonchev–Trinajstić information content (AvgIpc) is 2.56. The Morgan fingerprint density at radius 3 is 2.46 bits per heavy atom. The number of halogens is 1. The summed E-state index contributed by atoms with van der Waals surface area (Å²) in [6, 6.07) is 13.1. The average molecular weight is 330 g/mol. The van der Waals surface area contributed by atoms with Crippen LogP contribution in [-0.4, -0.2) is 30.4 Å². The molecule has 5 nitrogen and oxygen atoms in total. The predicted molar refractivity (Wildman–Crippen MR) is 89.1 cm³/mol. The molecule has 24 heavy (non-hydrogen) atoms. The van der Waals surface area contributed by atoms with Gasteiger partial charge < -0.3 is 15.0 Å². The number of hydrogen-bond donors (Lipinski definition) is 1. The van der Waals surface area contributed by atoms with Crippen molar-refractivity contribution in [2.75, 3.05) is 19.0 Å². The topological polar surface area (TPSA) is 58.6 Å². The lowest BCUT2D eigenvalue weighted by Gasteiger charge is -2.21. The maximum atomic E-state index is 13.6. The van der Waals surface area contributed by atoms with E-state index in [9.17, 15) is 14.0 Å². The van der Waals surface area contributed by atoms with E-state index in [1.807, 2.05) is 18.2 Å². The quantitative estimate of drug-likeness (QED) is 0.886. The van der Waals surface area contributed by atoms with Gasteiger partial charge in [-0.05, 0) is 18.2 Å². The molecule has 0 saturated carbocycles. The van der Waals surface area contributed by atoms with Gasteiger partial charge in [-0.3, -0.25) is 9.59 Å². The Bertz CT molecular complexity index is 734. The zero-order chi connectivity index (χ0) is 17.5. The number of nitrogens with zero attached hydrogens (tertiary/aromatic N) is 1. The largest absolute Gasteiger partial charge is 0.496 e. The van der Waals surface area contributed by atoms with E-state index >= 15 is 0 Å². The first-order chi connectivity index (χ1) is 11.5. The van der Waals surface area contributed by atoms with Gasteiger partial charge in [0.2, 0.25) is 11.8 Å². The van der Waals surface area contributed by atoms with Crippen LogP contribution < -0.4 is 10.1 Å². The number of anilines is 1. The molecule has 1 N–H and O–H groups in total. The van der Waals surface area contributed by atoms with E-state index in [1.54, 1.807) is 19.2 Å². The Balaban J connectivity index is 2.07. The minimum Gasteiger partial charge on any atom is -0.496 e. The molecule has 0 aliphatic heterocycles. The van der Waals surface area contributed by atoms with Gasteiger partial charge in [-0.2, -0.15) is 0 Å². The van der Waals surface area contributed by atoms with Crippen LogP contribution in [0, 0.1) is 5.82 Å². The fraction of sp³-hybridized carbons (Fsp3) is 0.222. The molecule has 6 heteroatoms. The van der Waals surface area contributed by atoms with E-state index in [4.69, 9.17) is 4.74 Å². The van der Waals surface area contributed by atoms with Crippen LogP contribution in [0.4, 0.5) is 10.1 Å². The summed E-state index contributed by atoms with van der Waals surface area (Å²) in [5.74, 6) is -0.613. The molecule has 0 fully saturated rings. The highest BCUT2D eigenvalue weighted by atomic mass is 19.1. The molecule has 0 aromatic heterocycles. The molecule has 0 heterocycles. The number of methoxy groups -OCH3 is 1. The maximum Gasteiger partial charge on any atom is 0.244 e. The Labute approximate surface area is 140 Å². The first-order valence-electron chi connectivity index (χ1n) is 7.43. The highest BCUT2D eigenvalue weighted by molar-refractivity contribution is 5.94. The molecule has 126 valence electrons. The van der Waals surface area contributed by atoms with Crippen LogP contribution in [0.2, 0.25) is 0 Å². The van der Waals surface area contributed by atoms with E-state index < -0.39 is 11.7 Å². The lowest BCUT2D eigenvalue weighted by atomic mass is 10.2. The summed E-state index contributed by atoms with van der Waals surface area (Å²) < 4.78 is 18.8. The van der Waals surface area contributed by atoms with Crippen molar-refractivity contribution in [2.45, 2.75) is 13.5 Å². The smallest absolute Gasteiger partial charge is 0.244 e. The summed E-state index contributed by atoms with van der Waals surface area (Å²) in [5, 5.41) is 2.47. The van der Waals surface area contributed by atoms with Crippen LogP contribution in [0.25, 0.3) is 0 Å². The zero-order valence-corrected chi connectivity index (χ0v) is 13.6. The number of carbonyl (C=O) groups excluding carboxylic acids is 2. The van der Waals surface area contributed by atoms with Gasteiger partial charge in [0.1, 0.15) is 18.1 Å². The Hall–Kier alpha value is -2.89. The lowest BCUT2D eigenvalue weighted by Crippen LogP contribution is -2.36. The molecule has 0 atom stereocenters. The highest BCUT2D eigenvalue weighted by Crippen LogP contribution is 2.19. The third-order valence-electron chi connectivity index (χ3n) is 3.48. The number of benzene rings is 2. The van der Waals surface area contributed by atoms with E-state index in [0.29, 0.717) is 5.75 Å². The third kappa shape index (κ3) is 4.55. The monoisotopic (exact) mass is 330 g/mol. The standard InChI is InChI=1S/C18H19FN2O3/c1-13(22)21(11-14-7-3-6-10-17(14)24-2)12-18(23)20-16-9-5-4-8-15(16)19/h3-10H,11-12H2,1-2H3,(H,20,23). The maximum absolute atomic E-state index is 13.6. The van der Waals surface area contributed by atoms with E-state index in [1.165, 1.54) is 30.0 Å². The van der Waals surface area contributed by atoms with Crippen molar-refractivity contribution >= 4 is 17.5 Å². The van der Waals surface area contributed by atoms with Crippen LogP contribution >= 0.6 is 0 Å². The van der Waals surface area contributed by atoms with Gasteiger partial charge in [0.05, 0.1) is 12.8 Å². The Kier molecular flexibility index (Phi) is 5.89. The molecule has 2 aromatic rings. The molecule has 2 rings (SSSR count). The molecule has 0 aliphatic carbocycles. The minimum atomic E-state index is -0.523. The second-order valence-corrected chi connectivity index (χ2v) is 5.21. The van der Waals surface area contributed by atoms with Crippen molar-refractivity contribution in [3.05, 3.63) is 59.9 Å². The molecular formula is C18H19FN2O3. The van der Waals surface area contributed by atoms with Crippen molar-refractivity contribution < 1.29 is 18.7 Å². The third-order valence-corrected chi connectivity index (χ3v) is 3.48. The molecule has 2 amide bonds. The fourth-order valence-electron chi connectivity index (χ4n) is 2.24. The number of ether oxygens (including phenoxy) is 1. The molecular weight excluding hydrogens is 311 g/mol. The van der Waals surface area contributed by atoms with Crippen molar-refractivity contribution in [3.8, 4) is 5.75 Å². The van der Waals surface area contributed by atoms with Gasteiger partial charge in [-0.1, -0.05) is 30.3 Å². The van der Waals surface area contributed by atoms with E-state index in [0.717, 1.165) is 5.56 Å². The van der Waals surface area contributed by atoms with Crippen molar-refractivity contribution in [1.29, 1.82) is 0 Å². The highest BCUT2D eigenvalue weighted by Gasteiger charge is 2.17. The summed E-state index contributed by atoms with van der Waals surface area (Å²) in [6.07, 6.45) is 0. The Morgan fingerprint density at radius 2 is 1.79 bits per heavy atom. The first-order valence-corrected chi connectivity index (χ1v) is 7.43. The zero-order valence-electron chi connectivity index (χ0n) is 13.6. The van der Waals surface area contributed by atoms with Crippen molar-refractivity contribution in [3.63, 3.8) is 0 Å². The number of rotatable bonds is 6. The number of nitrogens with one attached hydrogen (secondary N) is 1. The second kappa shape index (κ2) is 8.10. The van der Waals surface area contributed by atoms with Gasteiger partial charge in [-0.25, -0.2) is 4.39 Å².